The molecule has 3 nitrogen and oxygen atoms in total. The summed E-state index contributed by atoms with van der Waals surface area (Å²) in [6, 6.07) is 0. The molecule has 0 aromatic heterocycles. The van der Waals surface area contributed by atoms with E-state index in [-0.39, 0.29) is 17.9 Å². The Hall–Kier alpha value is -1.09. The van der Waals surface area contributed by atoms with Crippen LogP contribution in [0.5, 0.6) is 0 Å². The molecule has 0 amide bonds. The molecule has 0 radical (unpaired) electrons. The minimum absolute atomic E-state index is 0.00463. The Bertz CT molecular complexity index is 303. The molecule has 0 saturated heterocycles. The van der Waals surface area contributed by atoms with Crippen molar-refractivity contribution in [1.82, 2.24) is 0 Å². The van der Waals surface area contributed by atoms with Crippen LogP contribution in [0.4, 0.5) is 0 Å². The van der Waals surface area contributed by atoms with Crippen LogP contribution in [0.25, 0.3) is 0 Å². The fraction of sp³-hybridized carbons (Fsp3) is 0.688. The molecule has 0 bridgehead atoms. The van der Waals surface area contributed by atoms with Gasteiger partial charge < -0.3 is 10.2 Å². The van der Waals surface area contributed by atoms with E-state index in [0.717, 1.165) is 0 Å². The number of hydrogen-bond donors (Lipinski definition) is 2. The molecule has 0 aliphatic carbocycles. The maximum Gasteiger partial charge on any atom is 0.309 e. The molecule has 0 rings (SSSR count). The minimum Gasteiger partial charge on any atom is -0.481 e. The quantitative estimate of drug-likeness (QED) is 0.723. The number of carboxylic acid groups (broad SMARTS) is 1. The molecule has 112 valence electrons. The van der Waals surface area contributed by atoms with Gasteiger partial charge >= 0.3 is 5.97 Å². The van der Waals surface area contributed by atoms with Crippen LogP contribution in [0.3, 0.4) is 0 Å². The highest BCUT2D eigenvalue weighted by Crippen LogP contribution is 2.27. The predicted molar refractivity (Wildman–Crippen MR) is 81.0 cm³/mol. The molecule has 0 heterocycles. The predicted octanol–water partition coefficient (Wildman–Crippen LogP) is 3.75. The maximum absolute atomic E-state index is 10.6. The zero-order valence-corrected chi connectivity index (χ0v) is 13.2. The summed E-state index contributed by atoms with van der Waals surface area (Å²) in [7, 11) is 0. The lowest BCUT2D eigenvalue weighted by Gasteiger charge is -2.26. The van der Waals surface area contributed by atoms with E-state index in [1.165, 1.54) is 0 Å². The summed E-state index contributed by atoms with van der Waals surface area (Å²) in [6.45, 7) is 18.8. The lowest BCUT2D eigenvalue weighted by molar-refractivity contribution is -0.148. The molecular weight excluding hydrogens is 240 g/mol. The van der Waals surface area contributed by atoms with E-state index in [1.807, 2.05) is 26.8 Å². The van der Waals surface area contributed by atoms with Gasteiger partial charge in [0, 0.05) is 6.61 Å². The highest BCUT2D eigenvalue weighted by atomic mass is 16.4. The molecule has 0 aromatic carbocycles. The summed E-state index contributed by atoms with van der Waals surface area (Å²) in [6.07, 6.45) is 3.53. The van der Waals surface area contributed by atoms with Crippen LogP contribution in [0.15, 0.2) is 25.3 Å². The van der Waals surface area contributed by atoms with Crippen molar-refractivity contribution >= 4 is 5.97 Å². The molecule has 0 aliphatic heterocycles. The number of carbonyl (C=O) groups is 1. The normalized spacial score (nSPS) is 14.7. The van der Waals surface area contributed by atoms with E-state index < -0.39 is 11.4 Å². The van der Waals surface area contributed by atoms with Crippen molar-refractivity contribution in [3.63, 3.8) is 0 Å². The second-order valence-corrected chi connectivity index (χ2v) is 6.22. The summed E-state index contributed by atoms with van der Waals surface area (Å²) in [5, 5.41) is 17.5. The first-order chi connectivity index (χ1) is 8.47. The summed E-state index contributed by atoms with van der Waals surface area (Å²) in [5.74, 6) is -0.396. The van der Waals surface area contributed by atoms with E-state index in [4.69, 9.17) is 10.2 Å². The Morgan fingerprint density at radius 3 is 1.58 bits per heavy atom. The molecule has 0 spiro atoms. The molecule has 0 fully saturated rings. The SMILES string of the molecule is C=CC(C)C(C)(C)C(=O)O.C=CC(C)C(C)(C)CO. The standard InChI is InChI=1S/C8H14O2.C8H16O/c1-5-6(2)8(3,4)7(9)10;1-5-7(2)8(3,4)6-9/h5-6H,1H2,2-4H3,(H,9,10);5,7,9H,1,6H2,2-4H3. The van der Waals surface area contributed by atoms with Gasteiger partial charge in [-0.25, -0.2) is 0 Å². The Morgan fingerprint density at radius 1 is 1.11 bits per heavy atom. The third-order valence-corrected chi connectivity index (χ3v) is 4.04. The van der Waals surface area contributed by atoms with Crippen LogP contribution >= 0.6 is 0 Å². The molecule has 0 aromatic rings. The van der Waals surface area contributed by atoms with Gasteiger partial charge in [-0.15, -0.1) is 13.2 Å². The van der Waals surface area contributed by atoms with E-state index in [0.29, 0.717) is 5.92 Å². The zero-order valence-electron chi connectivity index (χ0n) is 13.2. The summed E-state index contributed by atoms with van der Waals surface area (Å²) < 4.78 is 0. The number of rotatable bonds is 6. The van der Waals surface area contributed by atoms with E-state index >= 15 is 0 Å². The lowest BCUT2D eigenvalue weighted by Crippen LogP contribution is -2.29. The van der Waals surface area contributed by atoms with Crippen molar-refractivity contribution in [2.75, 3.05) is 6.61 Å². The van der Waals surface area contributed by atoms with Crippen molar-refractivity contribution in [3.05, 3.63) is 25.3 Å². The number of aliphatic hydroxyl groups excluding tert-OH is 1. The molecule has 2 unspecified atom stereocenters. The van der Waals surface area contributed by atoms with Gasteiger partial charge in [0.1, 0.15) is 0 Å². The highest BCUT2D eigenvalue weighted by molar-refractivity contribution is 5.74. The van der Waals surface area contributed by atoms with Crippen LogP contribution in [0.2, 0.25) is 0 Å². The summed E-state index contributed by atoms with van der Waals surface area (Å²) >= 11 is 0. The van der Waals surface area contributed by atoms with Gasteiger partial charge in [-0.05, 0) is 31.1 Å². The van der Waals surface area contributed by atoms with Crippen molar-refractivity contribution in [2.24, 2.45) is 22.7 Å². The fourth-order valence-electron chi connectivity index (χ4n) is 0.952. The second-order valence-electron chi connectivity index (χ2n) is 6.22. The van der Waals surface area contributed by atoms with Gasteiger partial charge in [-0.3, -0.25) is 4.79 Å². The van der Waals surface area contributed by atoms with Crippen LogP contribution in [0, 0.1) is 22.7 Å². The van der Waals surface area contributed by atoms with E-state index in [9.17, 15) is 4.79 Å². The van der Waals surface area contributed by atoms with Crippen LogP contribution in [-0.4, -0.2) is 22.8 Å². The maximum atomic E-state index is 10.6. The third-order valence-electron chi connectivity index (χ3n) is 4.04. The number of aliphatic hydroxyl groups is 1. The topological polar surface area (TPSA) is 57.5 Å². The van der Waals surface area contributed by atoms with Gasteiger partial charge in [-0.2, -0.15) is 0 Å². The Labute approximate surface area is 118 Å². The third kappa shape index (κ3) is 6.58. The van der Waals surface area contributed by atoms with E-state index in [1.54, 1.807) is 19.9 Å². The monoisotopic (exact) mass is 270 g/mol. The van der Waals surface area contributed by atoms with Crippen LogP contribution in [0.1, 0.15) is 41.5 Å². The average Bonchev–Trinajstić information content (AvgIpc) is 2.36. The summed E-state index contributed by atoms with van der Waals surface area (Å²) in [5.41, 5.74) is -0.705. The molecule has 19 heavy (non-hydrogen) atoms. The molecular formula is C16H30O3. The van der Waals surface area contributed by atoms with Gasteiger partial charge in [0.15, 0.2) is 0 Å². The molecule has 0 aliphatic rings. The first-order valence-corrected chi connectivity index (χ1v) is 6.56. The largest absolute Gasteiger partial charge is 0.481 e. The van der Waals surface area contributed by atoms with Gasteiger partial charge in [0.05, 0.1) is 5.41 Å². The van der Waals surface area contributed by atoms with Gasteiger partial charge in [0.25, 0.3) is 0 Å². The Balaban J connectivity index is 0. The first kappa shape index (κ1) is 20.2. The van der Waals surface area contributed by atoms with Crippen molar-refractivity contribution in [1.29, 1.82) is 0 Å². The number of carboxylic acids is 1. The number of hydrogen-bond acceptors (Lipinski definition) is 2. The first-order valence-electron chi connectivity index (χ1n) is 6.56. The minimum atomic E-state index is -0.778. The van der Waals surface area contributed by atoms with Crippen LogP contribution in [-0.2, 0) is 4.79 Å². The van der Waals surface area contributed by atoms with Crippen molar-refractivity contribution < 1.29 is 15.0 Å². The van der Waals surface area contributed by atoms with Crippen LogP contribution < -0.4 is 0 Å². The summed E-state index contributed by atoms with van der Waals surface area (Å²) in [4.78, 5) is 10.6. The Morgan fingerprint density at radius 2 is 1.47 bits per heavy atom. The molecule has 2 atom stereocenters. The van der Waals surface area contributed by atoms with Crippen molar-refractivity contribution in [3.8, 4) is 0 Å². The second kappa shape index (κ2) is 8.16. The Kier molecular flexibility index (Phi) is 8.68. The van der Waals surface area contributed by atoms with E-state index in [2.05, 4.69) is 20.1 Å². The fourth-order valence-corrected chi connectivity index (χ4v) is 0.952. The van der Waals surface area contributed by atoms with Gasteiger partial charge in [0.2, 0.25) is 0 Å². The molecule has 0 saturated carbocycles. The van der Waals surface area contributed by atoms with Gasteiger partial charge in [-0.1, -0.05) is 39.8 Å². The number of allylic oxidation sites excluding steroid dienone is 2. The van der Waals surface area contributed by atoms with Crippen molar-refractivity contribution in [2.45, 2.75) is 41.5 Å². The zero-order chi connectivity index (χ0) is 15.9. The molecule has 3 heteroatoms. The molecule has 2 N–H and O–H groups in total. The number of aliphatic carboxylic acids is 1. The highest BCUT2D eigenvalue weighted by Gasteiger charge is 2.31. The smallest absolute Gasteiger partial charge is 0.309 e. The lowest BCUT2D eigenvalue weighted by atomic mass is 9.80. The average molecular weight is 270 g/mol.